The molecule has 1 aliphatic rings. The molecule has 6 nitrogen and oxygen atoms in total. The maximum atomic E-state index is 12.5. The van der Waals surface area contributed by atoms with Crippen molar-refractivity contribution in [1.29, 1.82) is 0 Å². The molecule has 0 radical (unpaired) electrons. The summed E-state index contributed by atoms with van der Waals surface area (Å²) in [4.78, 5) is 14.5. The molecule has 3 rings (SSSR count). The van der Waals surface area contributed by atoms with E-state index in [4.69, 9.17) is 0 Å². The summed E-state index contributed by atoms with van der Waals surface area (Å²) in [5.41, 5.74) is 3.01. The van der Waals surface area contributed by atoms with Crippen molar-refractivity contribution in [3.63, 3.8) is 0 Å². The summed E-state index contributed by atoms with van der Waals surface area (Å²) in [6.07, 6.45) is 0.829. The fraction of sp³-hybridized carbons (Fsp3) is 0.316. The summed E-state index contributed by atoms with van der Waals surface area (Å²) in [5, 5.41) is 2.85. The minimum Gasteiger partial charge on any atom is -0.334 e. The molecule has 1 aliphatic heterocycles. The van der Waals surface area contributed by atoms with Crippen LogP contribution in [-0.4, -0.2) is 44.3 Å². The normalized spacial score (nSPS) is 14.2. The number of carbonyl (C=O) groups is 1. The van der Waals surface area contributed by atoms with Crippen molar-refractivity contribution in [3.05, 3.63) is 65.2 Å². The molecule has 26 heavy (non-hydrogen) atoms. The van der Waals surface area contributed by atoms with Crippen LogP contribution in [0.1, 0.15) is 16.7 Å². The molecule has 1 N–H and O–H groups in total. The van der Waals surface area contributed by atoms with Gasteiger partial charge in [0.15, 0.2) is 0 Å². The van der Waals surface area contributed by atoms with Gasteiger partial charge in [-0.15, -0.1) is 0 Å². The highest BCUT2D eigenvalue weighted by Crippen LogP contribution is 2.20. The first-order chi connectivity index (χ1) is 12.4. The van der Waals surface area contributed by atoms with Gasteiger partial charge in [0.2, 0.25) is 10.0 Å². The molecule has 2 aromatic carbocycles. The topological polar surface area (TPSA) is 69.7 Å². The fourth-order valence-corrected chi connectivity index (χ4v) is 4.17. The van der Waals surface area contributed by atoms with Crippen LogP contribution in [0.25, 0.3) is 0 Å². The second kappa shape index (κ2) is 7.47. The van der Waals surface area contributed by atoms with Gasteiger partial charge in [0.05, 0.1) is 4.90 Å². The Balaban J connectivity index is 1.70. The molecular formula is C19H23N3O3S. The van der Waals surface area contributed by atoms with E-state index in [-0.39, 0.29) is 17.5 Å². The lowest BCUT2D eigenvalue weighted by Crippen LogP contribution is -2.42. The number of nitrogens with zero attached hydrogens (tertiary/aromatic N) is 2. The van der Waals surface area contributed by atoms with Gasteiger partial charge in [-0.25, -0.2) is 17.5 Å². The van der Waals surface area contributed by atoms with Gasteiger partial charge in [-0.3, -0.25) is 0 Å². The van der Waals surface area contributed by atoms with Crippen molar-refractivity contribution < 1.29 is 13.2 Å². The van der Waals surface area contributed by atoms with E-state index in [0.717, 1.165) is 12.0 Å². The number of urea groups is 1. The molecule has 1 heterocycles. The predicted octanol–water partition coefficient (Wildman–Crippen LogP) is 2.20. The summed E-state index contributed by atoms with van der Waals surface area (Å²) in [6.45, 7) is 1.39. The van der Waals surface area contributed by atoms with Gasteiger partial charge in [-0.05, 0) is 29.2 Å². The Morgan fingerprint density at radius 3 is 2.46 bits per heavy atom. The van der Waals surface area contributed by atoms with E-state index in [1.54, 1.807) is 29.2 Å². The number of hydrogen-bond acceptors (Lipinski definition) is 3. The summed E-state index contributed by atoms with van der Waals surface area (Å²) in [7, 11) is -0.560. The van der Waals surface area contributed by atoms with E-state index in [1.165, 1.54) is 24.0 Å². The van der Waals surface area contributed by atoms with Crippen LogP contribution in [-0.2, 0) is 29.5 Å². The summed E-state index contributed by atoms with van der Waals surface area (Å²) in [5.74, 6) is 0. The highest BCUT2D eigenvalue weighted by atomic mass is 32.2. The lowest BCUT2D eigenvalue weighted by molar-refractivity contribution is 0.192. The zero-order chi connectivity index (χ0) is 18.7. The smallest absolute Gasteiger partial charge is 0.317 e. The Bertz CT molecular complexity index is 910. The SMILES string of the molecule is CN(C)S(=O)(=O)c1ccccc1CNC(=O)N1CCc2ccccc2C1. The van der Waals surface area contributed by atoms with Crippen LogP contribution in [0.4, 0.5) is 4.79 Å². The maximum Gasteiger partial charge on any atom is 0.317 e. The first kappa shape index (κ1) is 18.4. The number of fused-ring (bicyclic) bond motifs is 1. The molecule has 0 spiro atoms. The van der Waals surface area contributed by atoms with Crippen molar-refractivity contribution in [1.82, 2.24) is 14.5 Å². The highest BCUT2D eigenvalue weighted by Gasteiger charge is 2.23. The van der Waals surface area contributed by atoms with Gasteiger partial charge in [0, 0.05) is 33.7 Å². The number of carbonyl (C=O) groups excluding carboxylic acids is 1. The maximum absolute atomic E-state index is 12.5. The quantitative estimate of drug-likeness (QED) is 0.893. The number of nitrogens with one attached hydrogen (secondary N) is 1. The number of sulfonamides is 1. The van der Waals surface area contributed by atoms with E-state index in [2.05, 4.69) is 11.4 Å². The molecule has 2 aromatic rings. The predicted molar refractivity (Wildman–Crippen MR) is 100 cm³/mol. The van der Waals surface area contributed by atoms with Gasteiger partial charge in [-0.2, -0.15) is 0 Å². The summed E-state index contributed by atoms with van der Waals surface area (Å²) < 4.78 is 26.1. The van der Waals surface area contributed by atoms with Gasteiger partial charge in [0.25, 0.3) is 0 Å². The molecule has 2 amide bonds. The number of rotatable bonds is 4. The Hall–Kier alpha value is -2.38. The van der Waals surface area contributed by atoms with Gasteiger partial charge in [-0.1, -0.05) is 42.5 Å². The van der Waals surface area contributed by atoms with Crippen LogP contribution >= 0.6 is 0 Å². The largest absolute Gasteiger partial charge is 0.334 e. The standard InChI is InChI=1S/C19H23N3O3S/c1-21(2)26(24,25)18-10-6-5-8-16(18)13-20-19(23)22-12-11-15-7-3-4-9-17(15)14-22/h3-10H,11-14H2,1-2H3,(H,20,23). The van der Waals surface area contributed by atoms with E-state index in [9.17, 15) is 13.2 Å². The Morgan fingerprint density at radius 1 is 1.08 bits per heavy atom. The third kappa shape index (κ3) is 3.73. The third-order valence-electron chi connectivity index (χ3n) is 4.58. The summed E-state index contributed by atoms with van der Waals surface area (Å²) >= 11 is 0. The van der Waals surface area contributed by atoms with Crippen molar-refractivity contribution in [3.8, 4) is 0 Å². The molecule has 0 aliphatic carbocycles. The van der Waals surface area contributed by atoms with Crippen LogP contribution in [0, 0.1) is 0 Å². The minimum absolute atomic E-state index is 0.167. The first-order valence-electron chi connectivity index (χ1n) is 8.49. The van der Waals surface area contributed by atoms with E-state index < -0.39 is 10.0 Å². The van der Waals surface area contributed by atoms with Crippen LogP contribution in [0.3, 0.4) is 0 Å². The summed E-state index contributed by atoms with van der Waals surface area (Å²) in [6, 6.07) is 14.7. The average molecular weight is 373 g/mol. The van der Waals surface area contributed by atoms with Crippen LogP contribution in [0.5, 0.6) is 0 Å². The fourth-order valence-electron chi connectivity index (χ4n) is 3.05. The molecule has 0 bridgehead atoms. The molecule has 0 atom stereocenters. The second-order valence-electron chi connectivity index (χ2n) is 6.49. The minimum atomic E-state index is -3.55. The molecular weight excluding hydrogens is 350 g/mol. The molecule has 0 aromatic heterocycles. The molecule has 0 unspecified atom stereocenters. The van der Waals surface area contributed by atoms with Crippen LogP contribution in [0.15, 0.2) is 53.4 Å². The number of benzene rings is 2. The Labute approximate surface area is 154 Å². The lowest BCUT2D eigenvalue weighted by Gasteiger charge is -2.29. The monoisotopic (exact) mass is 373 g/mol. The van der Waals surface area contributed by atoms with E-state index in [0.29, 0.717) is 18.7 Å². The average Bonchev–Trinajstić information content (AvgIpc) is 2.65. The van der Waals surface area contributed by atoms with Crippen molar-refractivity contribution in [2.45, 2.75) is 24.4 Å². The lowest BCUT2D eigenvalue weighted by atomic mass is 10.0. The molecule has 7 heteroatoms. The second-order valence-corrected chi connectivity index (χ2v) is 8.61. The molecule has 138 valence electrons. The van der Waals surface area contributed by atoms with Gasteiger partial charge in [0.1, 0.15) is 0 Å². The van der Waals surface area contributed by atoms with E-state index >= 15 is 0 Å². The zero-order valence-electron chi connectivity index (χ0n) is 15.0. The third-order valence-corrected chi connectivity index (χ3v) is 6.49. The van der Waals surface area contributed by atoms with Gasteiger partial charge >= 0.3 is 6.03 Å². The Kier molecular flexibility index (Phi) is 5.29. The van der Waals surface area contributed by atoms with E-state index in [1.807, 2.05) is 18.2 Å². The molecule has 0 saturated carbocycles. The van der Waals surface area contributed by atoms with Gasteiger partial charge < -0.3 is 10.2 Å². The van der Waals surface area contributed by atoms with Crippen LogP contribution in [0.2, 0.25) is 0 Å². The molecule has 0 fully saturated rings. The number of hydrogen-bond donors (Lipinski definition) is 1. The Morgan fingerprint density at radius 2 is 1.73 bits per heavy atom. The van der Waals surface area contributed by atoms with Crippen LogP contribution < -0.4 is 5.32 Å². The highest BCUT2D eigenvalue weighted by molar-refractivity contribution is 7.89. The molecule has 0 saturated heterocycles. The number of amides is 2. The zero-order valence-corrected chi connectivity index (χ0v) is 15.8. The van der Waals surface area contributed by atoms with Crippen molar-refractivity contribution in [2.24, 2.45) is 0 Å². The first-order valence-corrected chi connectivity index (χ1v) is 9.93. The van der Waals surface area contributed by atoms with Crippen molar-refractivity contribution in [2.75, 3.05) is 20.6 Å². The van der Waals surface area contributed by atoms with Crippen molar-refractivity contribution >= 4 is 16.1 Å².